The van der Waals surface area contributed by atoms with Crippen LogP contribution in [0.3, 0.4) is 0 Å². The molecule has 4 nitrogen and oxygen atoms in total. The largest absolute Gasteiger partial charge is 0.497 e. The van der Waals surface area contributed by atoms with Crippen LogP contribution in [-0.4, -0.2) is 25.5 Å². The molecule has 2 aromatic rings. The maximum Gasteiger partial charge on any atom is 0.161 e. The first-order valence-electron chi connectivity index (χ1n) is 4.92. The normalized spacial score (nSPS) is 10.0. The Bertz CT molecular complexity index is 536. The van der Waals surface area contributed by atoms with Crippen molar-refractivity contribution in [3.63, 3.8) is 0 Å². The Morgan fingerprint density at radius 1 is 1.29 bits per heavy atom. The first kappa shape index (κ1) is 11.6. The molecule has 0 N–H and O–H groups in total. The van der Waals surface area contributed by atoms with E-state index in [-0.39, 0.29) is 0 Å². The van der Waals surface area contributed by atoms with Crippen molar-refractivity contribution in [1.82, 2.24) is 4.98 Å². The summed E-state index contributed by atoms with van der Waals surface area (Å²) in [5, 5.41) is 0.756. The molecule has 1 aromatic heterocycles. The van der Waals surface area contributed by atoms with Gasteiger partial charge in [-0.05, 0) is 12.1 Å². The van der Waals surface area contributed by atoms with E-state index in [0.29, 0.717) is 10.6 Å². The lowest BCUT2D eigenvalue weighted by molar-refractivity contribution is 0.112. The predicted molar refractivity (Wildman–Crippen MR) is 66.0 cm³/mol. The van der Waals surface area contributed by atoms with Gasteiger partial charge < -0.3 is 9.47 Å². The van der Waals surface area contributed by atoms with Crippen LogP contribution in [0.25, 0.3) is 10.6 Å². The van der Waals surface area contributed by atoms with Crippen molar-refractivity contribution in [1.29, 1.82) is 0 Å². The monoisotopic (exact) mass is 249 g/mol. The molecule has 0 saturated carbocycles. The minimum Gasteiger partial charge on any atom is -0.497 e. The minimum absolute atomic E-state index is 0.595. The zero-order valence-electron chi connectivity index (χ0n) is 9.47. The summed E-state index contributed by atoms with van der Waals surface area (Å²) in [5.74, 6) is 1.40. The number of ether oxygens (including phenoxy) is 2. The molecule has 0 bridgehead atoms. The molecule has 1 aromatic carbocycles. The van der Waals surface area contributed by atoms with Crippen molar-refractivity contribution in [2.45, 2.75) is 0 Å². The van der Waals surface area contributed by atoms with Gasteiger partial charge in [-0.25, -0.2) is 4.98 Å². The van der Waals surface area contributed by atoms with E-state index in [0.717, 1.165) is 22.6 Å². The summed E-state index contributed by atoms with van der Waals surface area (Å²) in [6, 6.07) is 5.49. The Balaban J connectivity index is 2.46. The molecule has 5 heteroatoms. The van der Waals surface area contributed by atoms with Gasteiger partial charge in [-0.15, -0.1) is 11.3 Å². The highest BCUT2D eigenvalue weighted by Gasteiger charge is 2.11. The SMILES string of the molecule is COc1ccc(-c2ncc(C=O)s2)c(OC)c1. The minimum atomic E-state index is 0.595. The molecule has 0 radical (unpaired) electrons. The maximum absolute atomic E-state index is 10.6. The fourth-order valence-electron chi connectivity index (χ4n) is 1.44. The zero-order chi connectivity index (χ0) is 12.3. The average Bonchev–Trinajstić information content (AvgIpc) is 2.86. The number of methoxy groups -OCH3 is 2. The van der Waals surface area contributed by atoms with Crippen LogP contribution >= 0.6 is 11.3 Å². The van der Waals surface area contributed by atoms with Gasteiger partial charge in [0.05, 0.1) is 24.7 Å². The quantitative estimate of drug-likeness (QED) is 0.781. The third-order valence-corrected chi connectivity index (χ3v) is 3.23. The third kappa shape index (κ3) is 2.29. The maximum atomic E-state index is 10.6. The van der Waals surface area contributed by atoms with Crippen molar-refractivity contribution in [2.75, 3.05) is 14.2 Å². The second-order valence-corrected chi connectivity index (χ2v) is 4.31. The van der Waals surface area contributed by atoms with Gasteiger partial charge in [0, 0.05) is 12.3 Å². The van der Waals surface area contributed by atoms with E-state index >= 15 is 0 Å². The second-order valence-electron chi connectivity index (χ2n) is 3.25. The lowest BCUT2D eigenvalue weighted by atomic mass is 10.2. The van der Waals surface area contributed by atoms with E-state index in [1.165, 1.54) is 11.3 Å². The van der Waals surface area contributed by atoms with E-state index in [9.17, 15) is 4.79 Å². The third-order valence-electron chi connectivity index (χ3n) is 2.28. The lowest BCUT2D eigenvalue weighted by Gasteiger charge is -2.07. The van der Waals surface area contributed by atoms with Gasteiger partial charge in [0.25, 0.3) is 0 Å². The molecule has 0 aliphatic carbocycles. The number of carbonyl (C=O) groups excluding carboxylic acids is 1. The van der Waals surface area contributed by atoms with Crippen LogP contribution in [0.5, 0.6) is 11.5 Å². The average molecular weight is 249 g/mol. The molecule has 1 heterocycles. The number of carbonyl (C=O) groups is 1. The first-order chi connectivity index (χ1) is 8.28. The van der Waals surface area contributed by atoms with Gasteiger partial charge in [-0.2, -0.15) is 0 Å². The molecule has 0 aliphatic rings. The Morgan fingerprint density at radius 2 is 2.12 bits per heavy atom. The van der Waals surface area contributed by atoms with Crippen LogP contribution in [0.1, 0.15) is 9.67 Å². The standard InChI is InChI=1S/C12H11NO3S/c1-15-8-3-4-10(11(5-8)16-2)12-13-6-9(7-14)17-12/h3-7H,1-2H3. The molecule has 0 saturated heterocycles. The second kappa shape index (κ2) is 4.97. The summed E-state index contributed by atoms with van der Waals surface area (Å²) in [7, 11) is 3.19. The van der Waals surface area contributed by atoms with Gasteiger partial charge in [0.1, 0.15) is 16.5 Å². The van der Waals surface area contributed by atoms with E-state index < -0.39 is 0 Å². The van der Waals surface area contributed by atoms with Gasteiger partial charge in [0.15, 0.2) is 6.29 Å². The van der Waals surface area contributed by atoms with Crippen molar-refractivity contribution >= 4 is 17.6 Å². The Morgan fingerprint density at radius 3 is 2.71 bits per heavy atom. The highest BCUT2D eigenvalue weighted by molar-refractivity contribution is 7.16. The van der Waals surface area contributed by atoms with Gasteiger partial charge in [-0.1, -0.05) is 0 Å². The Hall–Kier alpha value is -1.88. The Kier molecular flexibility index (Phi) is 3.39. The molecular formula is C12H11NO3S. The van der Waals surface area contributed by atoms with E-state index in [4.69, 9.17) is 9.47 Å². The molecule has 2 rings (SSSR count). The number of hydrogen-bond donors (Lipinski definition) is 0. The summed E-state index contributed by atoms with van der Waals surface area (Å²) in [5.41, 5.74) is 0.853. The number of aromatic nitrogens is 1. The van der Waals surface area contributed by atoms with Crippen LogP contribution < -0.4 is 9.47 Å². The van der Waals surface area contributed by atoms with Crippen molar-refractivity contribution < 1.29 is 14.3 Å². The molecule has 88 valence electrons. The molecule has 0 aliphatic heterocycles. The molecule has 17 heavy (non-hydrogen) atoms. The number of aldehydes is 1. The van der Waals surface area contributed by atoms with Crippen molar-refractivity contribution in [2.24, 2.45) is 0 Å². The first-order valence-corrected chi connectivity index (χ1v) is 5.73. The van der Waals surface area contributed by atoms with Gasteiger partial charge >= 0.3 is 0 Å². The highest BCUT2D eigenvalue weighted by Crippen LogP contribution is 2.35. The van der Waals surface area contributed by atoms with Crippen molar-refractivity contribution in [3.05, 3.63) is 29.3 Å². The lowest BCUT2D eigenvalue weighted by Crippen LogP contribution is -1.89. The van der Waals surface area contributed by atoms with Crippen LogP contribution in [0.2, 0.25) is 0 Å². The fraction of sp³-hybridized carbons (Fsp3) is 0.167. The van der Waals surface area contributed by atoms with E-state index in [1.54, 1.807) is 26.5 Å². The van der Waals surface area contributed by atoms with Gasteiger partial charge in [-0.3, -0.25) is 4.79 Å². The highest BCUT2D eigenvalue weighted by atomic mass is 32.1. The number of nitrogens with zero attached hydrogens (tertiary/aromatic N) is 1. The Labute approximate surface area is 103 Å². The topological polar surface area (TPSA) is 48.4 Å². The van der Waals surface area contributed by atoms with Crippen LogP contribution in [0.15, 0.2) is 24.4 Å². The summed E-state index contributed by atoms with van der Waals surface area (Å²) in [6.45, 7) is 0. The van der Waals surface area contributed by atoms with E-state index in [1.807, 2.05) is 12.1 Å². The van der Waals surface area contributed by atoms with Gasteiger partial charge in [0.2, 0.25) is 0 Å². The summed E-state index contributed by atoms with van der Waals surface area (Å²) in [4.78, 5) is 15.4. The predicted octanol–water partition coefficient (Wildman–Crippen LogP) is 2.64. The van der Waals surface area contributed by atoms with Crippen LogP contribution in [0.4, 0.5) is 0 Å². The van der Waals surface area contributed by atoms with E-state index in [2.05, 4.69) is 4.98 Å². The number of thiazole rings is 1. The number of hydrogen-bond acceptors (Lipinski definition) is 5. The molecule has 0 spiro atoms. The molecule has 0 atom stereocenters. The van der Waals surface area contributed by atoms with Crippen LogP contribution in [-0.2, 0) is 0 Å². The molecular weight excluding hydrogens is 238 g/mol. The zero-order valence-corrected chi connectivity index (χ0v) is 10.3. The van der Waals surface area contributed by atoms with Crippen molar-refractivity contribution in [3.8, 4) is 22.1 Å². The summed E-state index contributed by atoms with van der Waals surface area (Å²) >= 11 is 1.33. The van der Waals surface area contributed by atoms with Crippen LogP contribution in [0, 0.1) is 0 Å². The molecule has 0 fully saturated rings. The fourth-order valence-corrected chi connectivity index (χ4v) is 2.20. The summed E-state index contributed by atoms with van der Waals surface area (Å²) in [6.07, 6.45) is 2.34. The smallest absolute Gasteiger partial charge is 0.161 e. The molecule has 0 unspecified atom stereocenters. The number of rotatable bonds is 4. The molecule has 0 amide bonds. The number of benzene rings is 1. The summed E-state index contributed by atoms with van der Waals surface area (Å²) < 4.78 is 10.4.